The second kappa shape index (κ2) is 4.92. The van der Waals surface area contributed by atoms with Crippen LogP contribution in [-0.2, 0) is 4.79 Å². The lowest BCUT2D eigenvalue weighted by atomic mass is 10.2. The number of nitrogens with one attached hydrogen (secondary N) is 1. The minimum atomic E-state index is 0.0139. The van der Waals surface area contributed by atoms with Crippen LogP contribution in [0.5, 0.6) is 0 Å². The number of hydrogen-bond donors (Lipinski definition) is 2. The molecule has 0 saturated heterocycles. The Kier molecular flexibility index (Phi) is 3.70. The molecule has 1 heterocycles. The van der Waals surface area contributed by atoms with Gasteiger partial charge in [0.15, 0.2) is 0 Å². The largest absolute Gasteiger partial charge is 0.329 e. The molecule has 1 aromatic carbocycles. The molecule has 0 atom stereocenters. The van der Waals surface area contributed by atoms with E-state index < -0.39 is 0 Å². The van der Waals surface area contributed by atoms with Crippen molar-refractivity contribution in [1.29, 1.82) is 0 Å². The van der Waals surface area contributed by atoms with Gasteiger partial charge < -0.3 is 11.1 Å². The first-order valence-electron chi connectivity index (χ1n) is 5.46. The fourth-order valence-electron chi connectivity index (χ4n) is 1.49. The van der Waals surface area contributed by atoms with Gasteiger partial charge in [-0.05, 0) is 32.0 Å². The van der Waals surface area contributed by atoms with Crippen LogP contribution in [0.3, 0.4) is 0 Å². The summed E-state index contributed by atoms with van der Waals surface area (Å²) >= 11 is 3.32. The van der Waals surface area contributed by atoms with Crippen LogP contribution in [0.2, 0.25) is 0 Å². The van der Waals surface area contributed by atoms with Crippen molar-refractivity contribution in [3.05, 3.63) is 18.2 Å². The van der Waals surface area contributed by atoms with E-state index in [2.05, 4.69) is 31.3 Å². The van der Waals surface area contributed by atoms with Crippen LogP contribution >= 0.6 is 23.5 Å². The van der Waals surface area contributed by atoms with Crippen molar-refractivity contribution in [3.8, 4) is 0 Å². The summed E-state index contributed by atoms with van der Waals surface area (Å²) < 4.78 is 0.0139. The summed E-state index contributed by atoms with van der Waals surface area (Å²) in [6.07, 6.45) is 0. The molecule has 0 unspecified atom stereocenters. The van der Waals surface area contributed by atoms with Crippen LogP contribution in [0.1, 0.15) is 13.8 Å². The van der Waals surface area contributed by atoms with Gasteiger partial charge in [-0.1, -0.05) is 0 Å². The van der Waals surface area contributed by atoms with Gasteiger partial charge in [-0.3, -0.25) is 4.79 Å². The summed E-state index contributed by atoms with van der Waals surface area (Å²) in [6.45, 7) is 4.85. The van der Waals surface area contributed by atoms with Crippen molar-refractivity contribution < 1.29 is 4.79 Å². The Balaban J connectivity index is 2.21. The van der Waals surface area contributed by atoms with E-state index in [0.29, 0.717) is 12.3 Å². The zero-order valence-corrected chi connectivity index (χ0v) is 11.6. The van der Waals surface area contributed by atoms with Crippen LogP contribution in [0.15, 0.2) is 28.0 Å². The molecule has 1 aromatic rings. The maximum atomic E-state index is 11.3. The second-order valence-corrected chi connectivity index (χ2v) is 7.36. The van der Waals surface area contributed by atoms with E-state index in [-0.39, 0.29) is 10.7 Å². The highest BCUT2D eigenvalue weighted by Crippen LogP contribution is 2.38. The minimum absolute atomic E-state index is 0.0139. The highest BCUT2D eigenvalue weighted by atomic mass is 32.2. The molecule has 0 aromatic heterocycles. The average molecular weight is 268 g/mol. The molecule has 1 amide bonds. The Morgan fingerprint density at radius 1 is 1.53 bits per heavy atom. The van der Waals surface area contributed by atoms with E-state index in [0.717, 1.165) is 15.5 Å². The van der Waals surface area contributed by atoms with Gasteiger partial charge in [-0.25, -0.2) is 0 Å². The summed E-state index contributed by atoms with van der Waals surface area (Å²) in [5.41, 5.74) is 6.64. The lowest BCUT2D eigenvalue weighted by molar-refractivity contribution is -0.113. The third-order valence-corrected chi connectivity index (χ3v) is 4.75. The summed E-state index contributed by atoms with van der Waals surface area (Å²) in [5.74, 6) is 0.580. The number of fused-ring (bicyclic) bond motifs is 1. The molecule has 1 aliphatic heterocycles. The standard InChI is InChI=1S/C12H16N2OS2/c1-12(2,7-13)17-8-3-4-10-9(5-8)14-11(15)6-16-10/h3-5H,6-7,13H2,1-2H3,(H,14,15). The Hall–Kier alpha value is -0.650. The number of anilines is 1. The van der Waals surface area contributed by atoms with Gasteiger partial charge in [0.1, 0.15) is 0 Å². The van der Waals surface area contributed by atoms with Gasteiger partial charge in [-0.2, -0.15) is 0 Å². The first kappa shape index (κ1) is 12.8. The topological polar surface area (TPSA) is 55.1 Å². The van der Waals surface area contributed by atoms with Crippen molar-refractivity contribution in [1.82, 2.24) is 0 Å². The molecule has 1 aliphatic rings. The number of hydrogen-bond acceptors (Lipinski definition) is 4. The maximum absolute atomic E-state index is 11.3. The SMILES string of the molecule is CC(C)(CN)Sc1ccc2c(c1)NC(=O)CS2. The summed E-state index contributed by atoms with van der Waals surface area (Å²) in [6, 6.07) is 6.18. The lowest BCUT2D eigenvalue weighted by Gasteiger charge is -2.23. The van der Waals surface area contributed by atoms with Crippen LogP contribution in [-0.4, -0.2) is 23.0 Å². The number of nitrogens with two attached hydrogens (primary N) is 1. The highest BCUT2D eigenvalue weighted by Gasteiger charge is 2.20. The normalized spacial score (nSPS) is 15.4. The molecule has 0 spiro atoms. The maximum Gasteiger partial charge on any atom is 0.234 e. The first-order chi connectivity index (χ1) is 8.00. The van der Waals surface area contributed by atoms with Crippen LogP contribution < -0.4 is 11.1 Å². The van der Waals surface area contributed by atoms with Crippen molar-refractivity contribution in [3.63, 3.8) is 0 Å². The number of benzene rings is 1. The second-order valence-electron chi connectivity index (χ2n) is 4.56. The molecule has 92 valence electrons. The van der Waals surface area contributed by atoms with Crippen molar-refractivity contribution in [2.45, 2.75) is 28.4 Å². The van der Waals surface area contributed by atoms with E-state index in [9.17, 15) is 4.79 Å². The molecule has 2 rings (SSSR count). The van der Waals surface area contributed by atoms with E-state index in [4.69, 9.17) is 5.73 Å². The number of carbonyl (C=O) groups excluding carboxylic acids is 1. The molecule has 3 nitrogen and oxygen atoms in total. The van der Waals surface area contributed by atoms with Crippen molar-refractivity contribution >= 4 is 35.1 Å². The quantitative estimate of drug-likeness (QED) is 0.827. The number of carbonyl (C=O) groups is 1. The number of rotatable bonds is 3. The molecular formula is C12H16N2OS2. The molecule has 17 heavy (non-hydrogen) atoms. The fourth-order valence-corrected chi connectivity index (χ4v) is 3.31. The van der Waals surface area contributed by atoms with E-state index in [1.807, 2.05) is 6.07 Å². The average Bonchev–Trinajstić information content (AvgIpc) is 2.28. The van der Waals surface area contributed by atoms with Crippen LogP contribution in [0.4, 0.5) is 5.69 Å². The third kappa shape index (κ3) is 3.18. The molecule has 0 aliphatic carbocycles. The Morgan fingerprint density at radius 2 is 2.29 bits per heavy atom. The van der Waals surface area contributed by atoms with Crippen molar-refractivity contribution in [2.24, 2.45) is 5.73 Å². The van der Waals surface area contributed by atoms with Gasteiger partial charge in [-0.15, -0.1) is 23.5 Å². The molecule has 0 radical (unpaired) electrons. The van der Waals surface area contributed by atoms with Gasteiger partial charge in [0.2, 0.25) is 5.91 Å². The van der Waals surface area contributed by atoms with Crippen LogP contribution in [0, 0.1) is 0 Å². The van der Waals surface area contributed by atoms with Gasteiger partial charge in [0, 0.05) is 21.1 Å². The lowest BCUT2D eigenvalue weighted by Crippen LogP contribution is -2.26. The third-order valence-electron chi connectivity index (χ3n) is 2.47. The zero-order valence-electron chi connectivity index (χ0n) is 9.95. The summed E-state index contributed by atoms with van der Waals surface area (Å²) in [4.78, 5) is 13.6. The van der Waals surface area contributed by atoms with Gasteiger partial charge in [0.05, 0.1) is 11.4 Å². The van der Waals surface area contributed by atoms with Crippen molar-refractivity contribution in [2.75, 3.05) is 17.6 Å². The molecule has 0 fully saturated rings. The Bertz CT molecular complexity index is 446. The van der Waals surface area contributed by atoms with Crippen LogP contribution in [0.25, 0.3) is 0 Å². The summed E-state index contributed by atoms with van der Waals surface area (Å²) in [7, 11) is 0. The van der Waals surface area contributed by atoms with E-state index >= 15 is 0 Å². The molecule has 5 heteroatoms. The predicted molar refractivity (Wildman–Crippen MR) is 74.8 cm³/mol. The monoisotopic (exact) mass is 268 g/mol. The smallest absolute Gasteiger partial charge is 0.234 e. The highest BCUT2D eigenvalue weighted by molar-refractivity contribution is 8.01. The van der Waals surface area contributed by atoms with Gasteiger partial charge in [0.25, 0.3) is 0 Å². The first-order valence-corrected chi connectivity index (χ1v) is 7.26. The Morgan fingerprint density at radius 3 is 3.00 bits per heavy atom. The van der Waals surface area contributed by atoms with Gasteiger partial charge >= 0.3 is 0 Å². The molecule has 0 saturated carbocycles. The Labute approximate surface area is 110 Å². The van der Waals surface area contributed by atoms with E-state index in [1.165, 1.54) is 0 Å². The molecule has 0 bridgehead atoms. The molecule has 3 N–H and O–H groups in total. The minimum Gasteiger partial charge on any atom is -0.329 e. The van der Waals surface area contributed by atoms with E-state index in [1.54, 1.807) is 23.5 Å². The number of thioether (sulfide) groups is 2. The summed E-state index contributed by atoms with van der Waals surface area (Å²) in [5, 5.41) is 2.90. The predicted octanol–water partition coefficient (Wildman–Crippen LogP) is 2.56. The number of amides is 1. The molecular weight excluding hydrogens is 252 g/mol. The zero-order chi connectivity index (χ0) is 12.5. The fraction of sp³-hybridized carbons (Fsp3) is 0.417.